The first-order valence-electron chi connectivity index (χ1n) is 18.0. The van der Waals surface area contributed by atoms with E-state index in [1.165, 1.54) is 0 Å². The van der Waals surface area contributed by atoms with Crippen LogP contribution in [0.25, 0.3) is 0 Å². The second-order valence-electron chi connectivity index (χ2n) is 20.2. The summed E-state index contributed by atoms with van der Waals surface area (Å²) >= 11 is 0. The van der Waals surface area contributed by atoms with Crippen LogP contribution in [0.3, 0.4) is 0 Å². The van der Waals surface area contributed by atoms with Crippen molar-refractivity contribution >= 4 is 39.1 Å². The van der Waals surface area contributed by atoms with E-state index < -0.39 is 39.4 Å². The van der Waals surface area contributed by atoms with Gasteiger partial charge in [-0.1, -0.05) is 89.2 Å². The zero-order chi connectivity index (χ0) is 38.0. The minimum atomic E-state index is -2.29. The minimum Gasteiger partial charge on any atom is -0.543 e. The van der Waals surface area contributed by atoms with E-state index in [1.54, 1.807) is 0 Å². The van der Waals surface area contributed by atoms with Gasteiger partial charge in [-0.05, 0) is 90.2 Å². The number of benzene rings is 2. The maximum Gasteiger partial charge on any atom is 0.250 e. The Morgan fingerprint density at radius 3 is 1.41 bits per heavy atom. The van der Waals surface area contributed by atoms with Crippen LogP contribution in [0.15, 0.2) is 30.3 Å². The van der Waals surface area contributed by atoms with E-state index >= 15 is 0 Å². The summed E-state index contributed by atoms with van der Waals surface area (Å²) in [6, 6.07) is 9.94. The van der Waals surface area contributed by atoms with Gasteiger partial charge in [0.1, 0.15) is 40.4 Å². The third-order valence-corrected chi connectivity index (χ3v) is 29.4. The average molecular weight is 745 g/mol. The van der Waals surface area contributed by atoms with Crippen LogP contribution in [0, 0.1) is 0 Å². The Kier molecular flexibility index (Phi) is 11.1. The quantitative estimate of drug-likeness (QED) is 0.238. The molecule has 0 amide bonds. The SMILES string of the molecule is CC(C)(C)[Si](C)(C)Oc1cc2c(c(O[Si](C)(C)C(C)(C)C)c1)C(=O)CC(c1ccc(O[Si](C)(C)C(C)(C)C)c(O[Si](C)(C)C(C)(C)C)c1)O2. The number of carbonyl (C=O) groups excluding carboxylic acids is 1. The van der Waals surface area contributed by atoms with Crippen molar-refractivity contribution in [1.29, 1.82) is 0 Å². The first kappa shape index (κ1) is 41.4. The highest BCUT2D eigenvalue weighted by molar-refractivity contribution is 6.76. The molecule has 0 radical (unpaired) electrons. The van der Waals surface area contributed by atoms with E-state index in [-0.39, 0.29) is 32.4 Å². The van der Waals surface area contributed by atoms with Gasteiger partial charge in [-0.25, -0.2) is 0 Å². The molecule has 276 valence electrons. The standard InChI is InChI=1S/C39H68O6Si4/c1-36(2,3)46(13,14)42-28-24-33-35(34(25-28)45-49(19,20)39(10,11)12)29(40)26-31(41-33)27-21-22-30(43-47(15,16)37(4,5)6)32(23-27)44-48(17,18)38(7,8)9/h21-25,31H,26H2,1-20H3. The molecule has 0 aromatic heterocycles. The molecule has 49 heavy (non-hydrogen) atoms. The van der Waals surface area contributed by atoms with Gasteiger partial charge in [0.2, 0.25) is 8.32 Å². The van der Waals surface area contributed by atoms with Crippen LogP contribution >= 0.6 is 0 Å². The molecule has 0 aliphatic carbocycles. The zero-order valence-electron chi connectivity index (χ0n) is 34.6. The lowest BCUT2D eigenvalue weighted by Crippen LogP contribution is -2.45. The van der Waals surface area contributed by atoms with Crippen LogP contribution in [0.1, 0.15) is 112 Å². The lowest BCUT2D eigenvalue weighted by atomic mass is 9.95. The van der Waals surface area contributed by atoms with Crippen LogP contribution in [0.4, 0.5) is 0 Å². The van der Waals surface area contributed by atoms with Crippen molar-refractivity contribution < 1.29 is 27.2 Å². The van der Waals surface area contributed by atoms with Crippen molar-refractivity contribution in [2.24, 2.45) is 0 Å². The first-order chi connectivity index (χ1) is 21.7. The van der Waals surface area contributed by atoms with Gasteiger partial charge in [0, 0.05) is 12.1 Å². The predicted octanol–water partition coefficient (Wildman–Crippen LogP) is 12.9. The smallest absolute Gasteiger partial charge is 0.250 e. The van der Waals surface area contributed by atoms with Crippen molar-refractivity contribution in [3.05, 3.63) is 41.5 Å². The molecule has 0 spiro atoms. The van der Waals surface area contributed by atoms with E-state index in [0.29, 0.717) is 22.8 Å². The normalized spacial score (nSPS) is 16.9. The summed E-state index contributed by atoms with van der Waals surface area (Å²) in [6.45, 7) is 44.6. The molecular weight excluding hydrogens is 677 g/mol. The molecule has 1 unspecified atom stereocenters. The number of ether oxygens (including phenoxy) is 1. The maximum absolute atomic E-state index is 14.2. The monoisotopic (exact) mass is 744 g/mol. The van der Waals surface area contributed by atoms with Crippen molar-refractivity contribution in [2.75, 3.05) is 0 Å². The minimum absolute atomic E-state index is 0.00264. The fraction of sp³-hybridized carbons (Fsp3) is 0.667. The fourth-order valence-corrected chi connectivity index (χ4v) is 8.42. The first-order valence-corrected chi connectivity index (χ1v) is 29.6. The van der Waals surface area contributed by atoms with Crippen LogP contribution < -0.4 is 22.4 Å². The highest BCUT2D eigenvalue weighted by Crippen LogP contribution is 2.49. The topological polar surface area (TPSA) is 63.2 Å². The molecular formula is C39H68O6Si4. The van der Waals surface area contributed by atoms with Gasteiger partial charge in [-0.2, -0.15) is 0 Å². The molecule has 2 aromatic carbocycles. The summed E-state index contributed by atoms with van der Waals surface area (Å²) in [5.74, 6) is 3.27. The molecule has 1 aliphatic rings. The summed E-state index contributed by atoms with van der Waals surface area (Å²) in [5.41, 5.74) is 1.40. The van der Waals surface area contributed by atoms with Crippen molar-refractivity contribution in [3.63, 3.8) is 0 Å². The summed E-state index contributed by atoms with van der Waals surface area (Å²) in [5, 5.41) is -0.0328. The molecule has 0 fully saturated rings. The Hall–Kier alpha value is -2.02. The van der Waals surface area contributed by atoms with E-state index in [9.17, 15) is 4.79 Å². The highest BCUT2D eigenvalue weighted by atomic mass is 28.4. The highest BCUT2D eigenvalue weighted by Gasteiger charge is 2.45. The molecule has 1 aliphatic heterocycles. The third kappa shape index (κ3) is 9.08. The molecule has 6 nitrogen and oxygen atoms in total. The molecule has 0 saturated carbocycles. The third-order valence-electron chi connectivity index (χ3n) is 12.0. The van der Waals surface area contributed by atoms with Crippen molar-refractivity contribution in [2.45, 2.75) is 168 Å². The summed E-state index contributed by atoms with van der Waals surface area (Å²) in [6.07, 6.45) is -0.293. The van der Waals surface area contributed by atoms with Gasteiger partial charge in [-0.15, -0.1) is 0 Å². The Labute approximate surface area is 303 Å². The van der Waals surface area contributed by atoms with Gasteiger partial charge >= 0.3 is 0 Å². The second kappa shape index (κ2) is 13.2. The molecule has 0 bridgehead atoms. The lowest BCUT2D eigenvalue weighted by molar-refractivity contribution is 0.0846. The van der Waals surface area contributed by atoms with E-state index in [1.807, 2.05) is 24.3 Å². The molecule has 1 atom stereocenters. The number of hydrogen-bond acceptors (Lipinski definition) is 6. The summed E-state index contributed by atoms with van der Waals surface area (Å²) < 4.78 is 34.3. The Morgan fingerprint density at radius 2 is 0.959 bits per heavy atom. The fourth-order valence-electron chi connectivity index (χ4n) is 4.34. The Balaban J connectivity index is 2.17. The molecule has 0 N–H and O–H groups in total. The molecule has 3 rings (SSSR count). The van der Waals surface area contributed by atoms with Crippen molar-refractivity contribution in [3.8, 4) is 28.7 Å². The molecule has 0 saturated heterocycles. The largest absolute Gasteiger partial charge is 0.543 e. The molecule has 2 aromatic rings. The van der Waals surface area contributed by atoms with E-state index in [2.05, 4.69) is 142 Å². The van der Waals surface area contributed by atoms with Gasteiger partial charge in [-0.3, -0.25) is 4.79 Å². The molecule has 10 heteroatoms. The summed E-state index contributed by atoms with van der Waals surface area (Å²) in [7, 11) is -8.89. The van der Waals surface area contributed by atoms with Gasteiger partial charge in [0.15, 0.2) is 5.78 Å². The molecule has 1 heterocycles. The number of rotatable bonds is 9. The maximum atomic E-state index is 14.2. The number of ketones is 1. The van der Waals surface area contributed by atoms with Crippen LogP contribution in [0.5, 0.6) is 28.7 Å². The van der Waals surface area contributed by atoms with E-state index in [0.717, 1.165) is 17.1 Å². The summed E-state index contributed by atoms with van der Waals surface area (Å²) in [4.78, 5) is 14.2. The predicted molar refractivity (Wildman–Crippen MR) is 217 cm³/mol. The van der Waals surface area contributed by atoms with Gasteiger partial charge in [0.25, 0.3) is 25.0 Å². The lowest BCUT2D eigenvalue weighted by Gasteiger charge is -2.40. The Morgan fingerprint density at radius 1 is 0.551 bits per heavy atom. The van der Waals surface area contributed by atoms with Gasteiger partial charge in [0.05, 0.1) is 6.42 Å². The zero-order valence-corrected chi connectivity index (χ0v) is 38.6. The number of fused-ring (bicyclic) bond motifs is 1. The number of Topliss-reactive ketones (excluding diaryl/α,β-unsaturated/α-hetero) is 1. The Bertz CT molecular complexity index is 1530. The second-order valence-corrected chi connectivity index (χ2v) is 39.1. The number of carbonyl (C=O) groups is 1. The van der Waals surface area contributed by atoms with Crippen LogP contribution in [-0.2, 0) is 0 Å². The van der Waals surface area contributed by atoms with Crippen LogP contribution in [0.2, 0.25) is 72.5 Å². The van der Waals surface area contributed by atoms with Crippen molar-refractivity contribution in [1.82, 2.24) is 0 Å². The number of hydrogen-bond donors (Lipinski definition) is 0. The van der Waals surface area contributed by atoms with Gasteiger partial charge < -0.3 is 22.4 Å². The average Bonchev–Trinajstić information content (AvgIpc) is 2.85. The van der Waals surface area contributed by atoms with Crippen LogP contribution in [-0.4, -0.2) is 39.1 Å². The van der Waals surface area contributed by atoms with E-state index in [4.69, 9.17) is 22.4 Å².